The zero-order chi connectivity index (χ0) is 24.6. The van der Waals surface area contributed by atoms with Crippen LogP contribution in [0.1, 0.15) is 24.1 Å². The third-order valence-electron chi connectivity index (χ3n) is 5.59. The van der Waals surface area contributed by atoms with Crippen LogP contribution in [0.25, 0.3) is 22.4 Å². The minimum Gasteiger partial charge on any atom is -0.497 e. The molecule has 0 aliphatic carbocycles. The summed E-state index contributed by atoms with van der Waals surface area (Å²) < 4.78 is 5.28. The van der Waals surface area contributed by atoms with Crippen LogP contribution in [-0.4, -0.2) is 23.8 Å². The van der Waals surface area contributed by atoms with E-state index >= 15 is 0 Å². The van der Waals surface area contributed by atoms with Crippen molar-refractivity contribution in [2.45, 2.75) is 18.0 Å². The summed E-state index contributed by atoms with van der Waals surface area (Å²) in [5, 5.41) is 13.6. The first kappa shape index (κ1) is 24.1. The van der Waals surface area contributed by atoms with E-state index in [2.05, 4.69) is 11.4 Å². The van der Waals surface area contributed by atoms with Crippen LogP contribution < -0.4 is 10.1 Å². The van der Waals surface area contributed by atoms with Gasteiger partial charge in [0.15, 0.2) is 0 Å². The summed E-state index contributed by atoms with van der Waals surface area (Å²) in [5.41, 5.74) is 4.82. The Hall–Kier alpha value is -4.08. The SMILES string of the molecule is COc1ccc(-c2cc(-c3ccccc3)nc(SCC(=O)NC(C)c3ccccc3)c2C#N)cc1. The van der Waals surface area contributed by atoms with Gasteiger partial charge >= 0.3 is 0 Å². The minimum absolute atomic E-state index is 0.113. The van der Waals surface area contributed by atoms with Crippen molar-refractivity contribution in [3.05, 3.63) is 102 Å². The molecule has 0 aliphatic heterocycles. The van der Waals surface area contributed by atoms with E-state index in [1.54, 1.807) is 7.11 Å². The number of methoxy groups -OCH3 is 1. The summed E-state index contributed by atoms with van der Waals surface area (Å²) in [4.78, 5) is 17.5. The van der Waals surface area contributed by atoms with E-state index in [-0.39, 0.29) is 17.7 Å². The zero-order valence-electron chi connectivity index (χ0n) is 19.6. The summed E-state index contributed by atoms with van der Waals surface area (Å²) in [6.45, 7) is 1.95. The number of pyridine rings is 1. The molecular weight excluding hydrogens is 454 g/mol. The summed E-state index contributed by atoms with van der Waals surface area (Å²) in [6, 6.07) is 31.3. The fraction of sp³-hybridized carbons (Fsp3) is 0.138. The number of carbonyl (C=O) groups excluding carboxylic acids is 1. The molecule has 174 valence electrons. The van der Waals surface area contributed by atoms with Crippen molar-refractivity contribution in [2.75, 3.05) is 12.9 Å². The van der Waals surface area contributed by atoms with Gasteiger partial charge in [0.25, 0.3) is 0 Å². The molecule has 0 fully saturated rings. The Morgan fingerprint density at radius 1 is 1.00 bits per heavy atom. The first-order chi connectivity index (χ1) is 17.1. The Morgan fingerprint density at radius 2 is 1.66 bits per heavy atom. The lowest BCUT2D eigenvalue weighted by Gasteiger charge is -2.15. The fourth-order valence-electron chi connectivity index (χ4n) is 3.73. The van der Waals surface area contributed by atoms with Crippen LogP contribution in [0.5, 0.6) is 5.75 Å². The molecule has 1 aromatic heterocycles. The second kappa shape index (κ2) is 11.4. The molecule has 5 nitrogen and oxygen atoms in total. The molecule has 3 aromatic carbocycles. The van der Waals surface area contributed by atoms with E-state index in [9.17, 15) is 10.1 Å². The van der Waals surface area contributed by atoms with E-state index in [4.69, 9.17) is 9.72 Å². The maximum Gasteiger partial charge on any atom is 0.230 e. The lowest BCUT2D eigenvalue weighted by molar-refractivity contribution is -0.119. The van der Waals surface area contributed by atoms with Crippen molar-refractivity contribution in [3.63, 3.8) is 0 Å². The van der Waals surface area contributed by atoms with E-state index in [0.29, 0.717) is 10.6 Å². The molecule has 4 aromatic rings. The fourth-order valence-corrected chi connectivity index (χ4v) is 4.55. The molecular formula is C29H25N3O2S. The van der Waals surface area contributed by atoms with Crippen LogP contribution in [0.3, 0.4) is 0 Å². The van der Waals surface area contributed by atoms with Crippen LogP contribution in [0.15, 0.2) is 96.0 Å². The molecule has 0 spiro atoms. The number of nitriles is 1. The van der Waals surface area contributed by atoms with Crippen molar-refractivity contribution in [2.24, 2.45) is 0 Å². The van der Waals surface area contributed by atoms with Gasteiger partial charge in [-0.2, -0.15) is 5.26 Å². The molecule has 6 heteroatoms. The molecule has 35 heavy (non-hydrogen) atoms. The Labute approximate surface area is 209 Å². The number of amides is 1. The van der Waals surface area contributed by atoms with Crippen LogP contribution in [0, 0.1) is 11.3 Å². The predicted molar refractivity (Wildman–Crippen MR) is 140 cm³/mol. The number of benzene rings is 3. The highest BCUT2D eigenvalue weighted by atomic mass is 32.2. The van der Waals surface area contributed by atoms with Crippen LogP contribution in [0.2, 0.25) is 0 Å². The molecule has 0 bridgehead atoms. The number of hydrogen-bond donors (Lipinski definition) is 1. The normalized spacial score (nSPS) is 11.3. The Balaban J connectivity index is 1.64. The summed E-state index contributed by atoms with van der Waals surface area (Å²) in [7, 11) is 1.62. The molecule has 1 unspecified atom stereocenters. The highest BCUT2D eigenvalue weighted by Gasteiger charge is 2.18. The first-order valence-corrected chi connectivity index (χ1v) is 12.2. The average molecular weight is 480 g/mol. The largest absolute Gasteiger partial charge is 0.497 e. The zero-order valence-corrected chi connectivity index (χ0v) is 20.4. The van der Waals surface area contributed by atoms with Gasteiger partial charge in [0, 0.05) is 11.1 Å². The number of hydrogen-bond acceptors (Lipinski definition) is 5. The average Bonchev–Trinajstić information content (AvgIpc) is 2.92. The maximum absolute atomic E-state index is 12.7. The van der Waals surface area contributed by atoms with Gasteiger partial charge in [-0.15, -0.1) is 0 Å². The Morgan fingerprint density at radius 3 is 2.29 bits per heavy atom. The van der Waals surface area contributed by atoms with Crippen molar-refractivity contribution in [1.82, 2.24) is 10.3 Å². The first-order valence-electron chi connectivity index (χ1n) is 11.2. The number of aromatic nitrogens is 1. The number of ether oxygens (including phenoxy) is 1. The number of nitrogens with one attached hydrogen (secondary N) is 1. The van der Waals surface area contributed by atoms with E-state index < -0.39 is 0 Å². The van der Waals surface area contributed by atoms with Crippen LogP contribution in [-0.2, 0) is 4.79 Å². The smallest absolute Gasteiger partial charge is 0.230 e. The van der Waals surface area contributed by atoms with Gasteiger partial charge in [-0.3, -0.25) is 4.79 Å². The van der Waals surface area contributed by atoms with Crippen molar-refractivity contribution in [1.29, 1.82) is 5.26 Å². The molecule has 0 saturated carbocycles. The lowest BCUT2D eigenvalue weighted by Crippen LogP contribution is -2.28. The highest BCUT2D eigenvalue weighted by molar-refractivity contribution is 8.00. The van der Waals surface area contributed by atoms with Crippen molar-refractivity contribution >= 4 is 17.7 Å². The molecule has 1 heterocycles. The highest BCUT2D eigenvalue weighted by Crippen LogP contribution is 2.34. The number of thioether (sulfide) groups is 1. The van der Waals surface area contributed by atoms with Crippen LogP contribution in [0.4, 0.5) is 0 Å². The van der Waals surface area contributed by atoms with Gasteiger partial charge in [0.1, 0.15) is 16.8 Å². The maximum atomic E-state index is 12.7. The van der Waals surface area contributed by atoms with Crippen molar-refractivity contribution < 1.29 is 9.53 Å². The molecule has 1 N–H and O–H groups in total. The Bertz CT molecular complexity index is 1330. The van der Waals surface area contributed by atoms with Gasteiger partial charge in [-0.1, -0.05) is 84.6 Å². The second-order valence-electron chi connectivity index (χ2n) is 7.93. The summed E-state index contributed by atoms with van der Waals surface area (Å²) >= 11 is 1.27. The third kappa shape index (κ3) is 5.89. The number of nitrogens with zero attached hydrogens (tertiary/aromatic N) is 2. The van der Waals surface area contributed by atoms with Gasteiger partial charge < -0.3 is 10.1 Å². The van der Waals surface area contributed by atoms with Gasteiger partial charge in [0.2, 0.25) is 5.91 Å². The van der Waals surface area contributed by atoms with Crippen molar-refractivity contribution in [3.8, 4) is 34.2 Å². The molecule has 0 aliphatic rings. The van der Waals surface area contributed by atoms with E-state index in [1.807, 2.05) is 97.9 Å². The van der Waals surface area contributed by atoms with Gasteiger partial charge in [-0.05, 0) is 36.2 Å². The summed E-state index contributed by atoms with van der Waals surface area (Å²) in [5.74, 6) is 0.774. The molecule has 0 radical (unpaired) electrons. The standard InChI is InChI=1S/C29H25N3O2S/c1-20(21-9-5-3-6-10-21)31-28(33)19-35-29-26(18-30)25(22-13-15-24(34-2)16-14-22)17-27(32-29)23-11-7-4-8-12-23/h3-17,20H,19H2,1-2H3,(H,31,33). The van der Waals surface area contributed by atoms with Gasteiger partial charge in [-0.25, -0.2) is 4.98 Å². The number of rotatable bonds is 8. The van der Waals surface area contributed by atoms with E-state index in [1.165, 1.54) is 11.8 Å². The predicted octanol–water partition coefficient (Wildman–Crippen LogP) is 6.27. The van der Waals surface area contributed by atoms with Gasteiger partial charge in [0.05, 0.1) is 30.2 Å². The molecule has 0 saturated heterocycles. The molecule has 1 atom stereocenters. The van der Waals surface area contributed by atoms with Crippen LogP contribution >= 0.6 is 11.8 Å². The summed E-state index contributed by atoms with van der Waals surface area (Å²) in [6.07, 6.45) is 0. The molecule has 4 rings (SSSR count). The third-order valence-corrected chi connectivity index (χ3v) is 6.56. The Kier molecular flexibility index (Phi) is 7.81. The van der Waals surface area contributed by atoms with E-state index in [0.717, 1.165) is 33.7 Å². The topological polar surface area (TPSA) is 75.0 Å². The number of carbonyl (C=O) groups is 1. The quantitative estimate of drug-likeness (QED) is 0.302. The monoisotopic (exact) mass is 479 g/mol. The lowest BCUT2D eigenvalue weighted by atomic mass is 9.99. The second-order valence-corrected chi connectivity index (χ2v) is 8.89. The minimum atomic E-state index is -0.117. The molecule has 1 amide bonds.